The molecule has 0 radical (unpaired) electrons. The van der Waals surface area contributed by atoms with E-state index in [-0.39, 0.29) is 16.7 Å². The fourth-order valence-corrected chi connectivity index (χ4v) is 4.81. The van der Waals surface area contributed by atoms with Crippen molar-refractivity contribution in [2.24, 2.45) is 0 Å². The van der Waals surface area contributed by atoms with Gasteiger partial charge in [0.05, 0.1) is 11.0 Å². The average Bonchev–Trinajstić information content (AvgIpc) is 2.84. The van der Waals surface area contributed by atoms with E-state index in [9.17, 15) is 10.1 Å². The first-order chi connectivity index (χ1) is 16.4. The van der Waals surface area contributed by atoms with Crippen molar-refractivity contribution in [1.29, 1.82) is 0 Å². The molecule has 3 aromatic rings. The van der Waals surface area contributed by atoms with Crippen LogP contribution in [0.15, 0.2) is 66.7 Å². The number of pyridine rings is 1. The minimum atomic E-state index is -0.348. The number of piperazine rings is 1. The second kappa shape index (κ2) is 10.8. The molecule has 0 unspecified atom stereocenters. The summed E-state index contributed by atoms with van der Waals surface area (Å²) in [5.41, 5.74) is 3.89. The quantitative estimate of drug-likeness (QED) is 0.366. The van der Waals surface area contributed by atoms with Crippen molar-refractivity contribution >= 4 is 11.5 Å². The first-order valence-corrected chi connectivity index (χ1v) is 11.8. The summed E-state index contributed by atoms with van der Waals surface area (Å²) in [6.45, 7) is 9.27. The molecule has 0 N–H and O–H groups in total. The zero-order valence-electron chi connectivity index (χ0n) is 20.2. The Balaban J connectivity index is 1.37. The van der Waals surface area contributed by atoms with Gasteiger partial charge in [-0.25, -0.2) is 4.98 Å². The van der Waals surface area contributed by atoms with Gasteiger partial charge in [0.2, 0.25) is 0 Å². The number of hydrogen-bond donors (Lipinski definition) is 0. The first-order valence-electron chi connectivity index (χ1n) is 11.8. The lowest BCUT2D eigenvalue weighted by Gasteiger charge is -2.40. The first kappa shape index (κ1) is 23.9. The second-order valence-electron chi connectivity index (χ2n) is 9.01. The number of aromatic nitrogens is 1. The van der Waals surface area contributed by atoms with Crippen molar-refractivity contribution in [3.8, 4) is 0 Å². The van der Waals surface area contributed by atoms with Crippen LogP contribution in [0.3, 0.4) is 0 Å². The third-order valence-electron chi connectivity index (χ3n) is 6.67. The molecule has 34 heavy (non-hydrogen) atoms. The maximum Gasteiger partial charge on any atom is 0.293 e. The van der Waals surface area contributed by atoms with Gasteiger partial charge in [-0.2, -0.15) is 0 Å². The lowest BCUT2D eigenvalue weighted by atomic mass is 9.96. The highest BCUT2D eigenvalue weighted by Gasteiger charge is 2.26. The number of hydrogen-bond acceptors (Lipinski definition) is 6. The molecular formula is C27H33N5O2. The maximum absolute atomic E-state index is 11.3. The van der Waals surface area contributed by atoms with Crippen LogP contribution >= 0.6 is 0 Å². The normalized spacial score (nSPS) is 14.9. The SMILES string of the molecule is Cc1cc(N(C)CCN2CCN(C(c3ccccc3)c3ccccc3)CC2)nc(C)c1[N+](=O)[O-]. The molecule has 7 nitrogen and oxygen atoms in total. The topological polar surface area (TPSA) is 65.8 Å². The highest BCUT2D eigenvalue weighted by atomic mass is 16.6. The van der Waals surface area contributed by atoms with Crippen molar-refractivity contribution in [2.45, 2.75) is 19.9 Å². The van der Waals surface area contributed by atoms with Gasteiger partial charge in [-0.15, -0.1) is 0 Å². The fraction of sp³-hybridized carbons (Fsp3) is 0.370. The summed E-state index contributed by atoms with van der Waals surface area (Å²) < 4.78 is 0. The van der Waals surface area contributed by atoms with Crippen LogP contribution in [0.25, 0.3) is 0 Å². The van der Waals surface area contributed by atoms with Crippen molar-refractivity contribution in [3.63, 3.8) is 0 Å². The van der Waals surface area contributed by atoms with Crippen LogP contribution in [0, 0.1) is 24.0 Å². The van der Waals surface area contributed by atoms with E-state index >= 15 is 0 Å². The minimum absolute atomic E-state index is 0.111. The summed E-state index contributed by atoms with van der Waals surface area (Å²) in [4.78, 5) is 22.5. The number of nitro groups is 1. The van der Waals surface area contributed by atoms with Gasteiger partial charge in [0.1, 0.15) is 11.5 Å². The molecule has 4 rings (SSSR count). The third kappa shape index (κ3) is 5.43. The minimum Gasteiger partial charge on any atom is -0.358 e. The molecule has 1 aliphatic heterocycles. The number of likely N-dealkylation sites (N-methyl/N-ethyl adjacent to an activating group) is 1. The van der Waals surface area contributed by atoms with E-state index in [1.807, 2.05) is 13.1 Å². The van der Waals surface area contributed by atoms with Gasteiger partial charge in [-0.3, -0.25) is 19.9 Å². The standard InChI is InChI=1S/C27H33N5O2/c1-21-20-25(28-22(2)26(21)32(33)34)29(3)14-15-30-16-18-31(19-17-30)27(23-10-6-4-7-11-23)24-12-8-5-9-13-24/h4-13,20,27H,14-19H2,1-3H3. The lowest BCUT2D eigenvalue weighted by molar-refractivity contribution is -0.386. The summed E-state index contributed by atoms with van der Waals surface area (Å²) in [5, 5.41) is 11.3. The predicted octanol–water partition coefficient (Wildman–Crippen LogP) is 4.45. The molecule has 178 valence electrons. The zero-order chi connectivity index (χ0) is 24.1. The van der Waals surface area contributed by atoms with Gasteiger partial charge in [0.15, 0.2) is 0 Å². The van der Waals surface area contributed by atoms with Crippen molar-refractivity contribution < 1.29 is 4.92 Å². The van der Waals surface area contributed by atoms with Crippen LogP contribution in [0.4, 0.5) is 11.5 Å². The van der Waals surface area contributed by atoms with E-state index < -0.39 is 0 Å². The third-order valence-corrected chi connectivity index (χ3v) is 6.67. The lowest BCUT2D eigenvalue weighted by Crippen LogP contribution is -2.49. The van der Waals surface area contributed by atoms with Crippen molar-refractivity contribution in [2.75, 3.05) is 51.2 Å². The van der Waals surface area contributed by atoms with E-state index in [0.29, 0.717) is 11.3 Å². The molecule has 0 saturated carbocycles. The summed E-state index contributed by atoms with van der Waals surface area (Å²) >= 11 is 0. The Kier molecular flexibility index (Phi) is 7.55. The maximum atomic E-state index is 11.3. The summed E-state index contributed by atoms with van der Waals surface area (Å²) in [7, 11) is 2.00. The van der Waals surface area contributed by atoms with E-state index in [1.54, 1.807) is 13.8 Å². The molecule has 1 aromatic heterocycles. The van der Waals surface area contributed by atoms with Crippen LogP contribution in [-0.2, 0) is 0 Å². The molecule has 0 atom stereocenters. The molecule has 2 heterocycles. The van der Waals surface area contributed by atoms with Crippen LogP contribution in [0.1, 0.15) is 28.4 Å². The molecular weight excluding hydrogens is 426 g/mol. The predicted molar refractivity (Wildman–Crippen MR) is 136 cm³/mol. The Bertz CT molecular complexity index is 1040. The van der Waals surface area contributed by atoms with E-state index in [2.05, 4.69) is 80.3 Å². The van der Waals surface area contributed by atoms with Gasteiger partial charge >= 0.3 is 0 Å². The molecule has 0 amide bonds. The summed E-state index contributed by atoms with van der Waals surface area (Å²) in [5.74, 6) is 0.785. The summed E-state index contributed by atoms with van der Waals surface area (Å²) in [6, 6.07) is 23.6. The number of benzene rings is 2. The number of nitrogens with zero attached hydrogens (tertiary/aromatic N) is 5. The van der Waals surface area contributed by atoms with Gasteiger partial charge in [-0.05, 0) is 31.0 Å². The Morgan fingerprint density at radius 1 is 0.971 bits per heavy atom. The van der Waals surface area contributed by atoms with Crippen LogP contribution < -0.4 is 4.90 Å². The molecule has 0 aliphatic carbocycles. The molecule has 0 bridgehead atoms. The highest BCUT2D eigenvalue weighted by molar-refractivity contribution is 5.52. The van der Waals surface area contributed by atoms with Gasteiger partial charge < -0.3 is 4.90 Å². The molecule has 1 saturated heterocycles. The van der Waals surface area contributed by atoms with Crippen molar-refractivity contribution in [3.05, 3.63) is 99.2 Å². The van der Waals surface area contributed by atoms with Crippen molar-refractivity contribution in [1.82, 2.24) is 14.8 Å². The molecule has 2 aromatic carbocycles. The monoisotopic (exact) mass is 459 g/mol. The van der Waals surface area contributed by atoms with E-state index in [0.717, 1.165) is 45.1 Å². The van der Waals surface area contributed by atoms with Crippen LogP contribution in [0.2, 0.25) is 0 Å². The van der Waals surface area contributed by atoms with E-state index in [4.69, 9.17) is 0 Å². The highest BCUT2D eigenvalue weighted by Crippen LogP contribution is 2.29. The molecule has 0 spiro atoms. The second-order valence-corrected chi connectivity index (χ2v) is 9.01. The number of rotatable bonds is 8. The zero-order valence-corrected chi connectivity index (χ0v) is 20.2. The smallest absolute Gasteiger partial charge is 0.293 e. The van der Waals surface area contributed by atoms with Gasteiger partial charge in [0.25, 0.3) is 5.69 Å². The summed E-state index contributed by atoms with van der Waals surface area (Å²) in [6.07, 6.45) is 0. The molecule has 1 fully saturated rings. The fourth-order valence-electron chi connectivity index (χ4n) is 4.81. The largest absolute Gasteiger partial charge is 0.358 e. The molecule has 1 aliphatic rings. The van der Waals surface area contributed by atoms with E-state index in [1.165, 1.54) is 11.1 Å². The Hall–Kier alpha value is -3.29. The Morgan fingerprint density at radius 2 is 1.53 bits per heavy atom. The molecule has 7 heteroatoms. The Morgan fingerprint density at radius 3 is 2.03 bits per heavy atom. The van der Waals surface area contributed by atoms with Gasteiger partial charge in [-0.1, -0.05) is 60.7 Å². The average molecular weight is 460 g/mol. The number of aryl methyl sites for hydroxylation is 2. The van der Waals surface area contributed by atoms with Crippen LogP contribution in [0.5, 0.6) is 0 Å². The van der Waals surface area contributed by atoms with Crippen LogP contribution in [-0.4, -0.2) is 66.0 Å². The Labute approximate surface area is 201 Å². The van der Waals surface area contributed by atoms with Gasteiger partial charge in [0, 0.05) is 51.9 Å². The number of anilines is 1.